The van der Waals surface area contributed by atoms with Crippen molar-refractivity contribution < 1.29 is 44.4 Å². The third-order valence-electron chi connectivity index (χ3n) is 4.58. The van der Waals surface area contributed by atoms with Gasteiger partial charge in [0.15, 0.2) is 0 Å². The third-order valence-corrected chi connectivity index (χ3v) is 5.11. The summed E-state index contributed by atoms with van der Waals surface area (Å²) in [5.41, 5.74) is -1.18. The molecule has 1 aliphatic heterocycles. The van der Waals surface area contributed by atoms with E-state index in [1.165, 1.54) is 24.3 Å². The van der Waals surface area contributed by atoms with Gasteiger partial charge in [0.2, 0.25) is 6.29 Å². The van der Waals surface area contributed by atoms with Crippen LogP contribution in [0.1, 0.15) is 10.4 Å². The van der Waals surface area contributed by atoms with Crippen molar-refractivity contribution in [2.24, 2.45) is 0 Å². The smallest absolute Gasteiger partial charge is 0.347 e. The van der Waals surface area contributed by atoms with Gasteiger partial charge < -0.3 is 34.6 Å². The fourth-order valence-corrected chi connectivity index (χ4v) is 3.37. The molecule has 0 amide bonds. The van der Waals surface area contributed by atoms with Crippen molar-refractivity contribution >= 4 is 34.9 Å². The van der Waals surface area contributed by atoms with Crippen LogP contribution in [0, 0.1) is 10.1 Å². The predicted octanol–water partition coefficient (Wildman–Crippen LogP) is 1.65. The van der Waals surface area contributed by atoms with Gasteiger partial charge in [0.25, 0.3) is 5.69 Å². The van der Waals surface area contributed by atoms with Crippen molar-refractivity contribution in [1.29, 1.82) is 0 Å². The fourth-order valence-electron chi connectivity index (χ4n) is 2.92. The molecule has 2 aromatic rings. The summed E-state index contributed by atoms with van der Waals surface area (Å²) in [6.07, 6.45) is -8.48. The number of halogens is 2. The molecule has 3 rings (SSSR count). The first-order valence-electron chi connectivity index (χ1n) is 9.05. The maximum absolute atomic E-state index is 12.7. The minimum Gasteiger partial charge on any atom is -0.456 e. The van der Waals surface area contributed by atoms with E-state index < -0.39 is 59.5 Å². The van der Waals surface area contributed by atoms with Crippen LogP contribution in [-0.2, 0) is 9.47 Å². The number of benzene rings is 2. The van der Waals surface area contributed by atoms with E-state index in [1.807, 2.05) is 0 Å². The summed E-state index contributed by atoms with van der Waals surface area (Å²) >= 11 is 11.9. The van der Waals surface area contributed by atoms with Crippen LogP contribution in [0.4, 0.5) is 5.69 Å². The second-order valence-electron chi connectivity index (χ2n) is 6.72. The van der Waals surface area contributed by atoms with Crippen molar-refractivity contribution in [3.63, 3.8) is 0 Å². The summed E-state index contributed by atoms with van der Waals surface area (Å²) in [6.45, 7) is -0.746. The monoisotopic (exact) mass is 489 g/mol. The number of hydrogen-bond donors (Lipinski definition) is 4. The van der Waals surface area contributed by atoms with Crippen molar-refractivity contribution in [1.82, 2.24) is 0 Å². The standard InChI is InChI=1S/C19H17Cl2NO10/c20-8-1-4-13(11(21)5-8)30-9-2-3-12(22(28)29)10(6-9)18(27)32-19-17(26)16(25)15(24)14(7-23)31-19/h1-6,14-17,19,23-26H,7H2/t14-,15-,16+,17-,19+/m1/s1. The summed E-state index contributed by atoms with van der Waals surface area (Å²) in [7, 11) is 0. The highest BCUT2D eigenvalue weighted by molar-refractivity contribution is 6.35. The van der Waals surface area contributed by atoms with Gasteiger partial charge in [-0.05, 0) is 24.3 Å². The van der Waals surface area contributed by atoms with Gasteiger partial charge in [-0.15, -0.1) is 0 Å². The Hall–Kier alpha value is -2.51. The van der Waals surface area contributed by atoms with Gasteiger partial charge in [-0.25, -0.2) is 4.79 Å². The van der Waals surface area contributed by atoms with E-state index in [4.69, 9.17) is 37.4 Å². The first kappa shape index (κ1) is 24.1. The Kier molecular flexibility index (Phi) is 7.51. The molecular weight excluding hydrogens is 473 g/mol. The second kappa shape index (κ2) is 9.96. The highest BCUT2D eigenvalue weighted by atomic mass is 35.5. The first-order valence-corrected chi connectivity index (χ1v) is 9.80. The lowest BCUT2D eigenvalue weighted by Crippen LogP contribution is -2.59. The summed E-state index contributed by atoms with van der Waals surface area (Å²) in [5.74, 6) is -1.12. The number of nitro groups is 1. The number of hydrogen-bond acceptors (Lipinski definition) is 10. The van der Waals surface area contributed by atoms with Crippen molar-refractivity contribution in [3.8, 4) is 11.5 Å². The average Bonchev–Trinajstić information content (AvgIpc) is 2.75. The Morgan fingerprint density at radius 1 is 1.09 bits per heavy atom. The lowest BCUT2D eigenvalue weighted by molar-refractivity contribution is -0.385. The van der Waals surface area contributed by atoms with E-state index in [0.29, 0.717) is 5.02 Å². The highest BCUT2D eigenvalue weighted by Crippen LogP contribution is 2.34. The third kappa shape index (κ3) is 5.10. The maximum atomic E-state index is 12.7. The molecule has 1 fully saturated rings. The molecule has 0 unspecified atom stereocenters. The number of aliphatic hydroxyl groups excluding tert-OH is 4. The number of carbonyl (C=O) groups is 1. The molecular formula is C19H17Cl2NO10. The number of ether oxygens (including phenoxy) is 3. The van der Waals surface area contributed by atoms with E-state index in [-0.39, 0.29) is 16.5 Å². The maximum Gasteiger partial charge on any atom is 0.347 e. The van der Waals surface area contributed by atoms with Crippen molar-refractivity contribution in [2.75, 3.05) is 6.61 Å². The number of carbonyl (C=O) groups excluding carboxylic acids is 1. The fraction of sp³-hybridized carbons (Fsp3) is 0.316. The summed E-state index contributed by atoms with van der Waals surface area (Å²) in [5, 5.41) is 50.7. The van der Waals surface area contributed by atoms with Crippen LogP contribution < -0.4 is 4.74 Å². The van der Waals surface area contributed by atoms with E-state index in [1.54, 1.807) is 0 Å². The summed E-state index contributed by atoms with van der Waals surface area (Å²) < 4.78 is 15.6. The molecule has 11 nitrogen and oxygen atoms in total. The van der Waals surface area contributed by atoms with Gasteiger partial charge in [0.1, 0.15) is 41.5 Å². The molecule has 0 radical (unpaired) electrons. The number of aliphatic hydroxyl groups is 4. The van der Waals surface area contributed by atoms with Gasteiger partial charge in [0, 0.05) is 17.2 Å². The molecule has 1 saturated heterocycles. The zero-order valence-electron chi connectivity index (χ0n) is 16.0. The minimum absolute atomic E-state index is 0.000533. The normalized spacial score (nSPS) is 25.2. The second-order valence-corrected chi connectivity index (χ2v) is 7.56. The largest absolute Gasteiger partial charge is 0.456 e. The summed E-state index contributed by atoms with van der Waals surface area (Å²) in [6, 6.07) is 7.63. The molecule has 0 spiro atoms. The molecule has 0 aromatic heterocycles. The molecule has 1 heterocycles. The van der Waals surface area contributed by atoms with Crippen LogP contribution in [0.2, 0.25) is 10.0 Å². The van der Waals surface area contributed by atoms with Gasteiger partial charge in [0.05, 0.1) is 16.6 Å². The molecule has 5 atom stereocenters. The number of rotatable bonds is 6. The SMILES string of the molecule is O=C(O[C@@H]1O[C@H](CO)[C@@H](O)[C@H](O)[C@H]1O)c1cc(Oc2ccc(Cl)cc2Cl)ccc1[N+](=O)[O-]. The lowest BCUT2D eigenvalue weighted by atomic mass is 9.99. The van der Waals surface area contributed by atoms with Crippen molar-refractivity contribution in [2.45, 2.75) is 30.7 Å². The van der Waals surface area contributed by atoms with Crippen molar-refractivity contribution in [3.05, 3.63) is 62.1 Å². The molecule has 2 aromatic carbocycles. The topological polar surface area (TPSA) is 169 Å². The Morgan fingerprint density at radius 2 is 1.81 bits per heavy atom. The van der Waals surface area contributed by atoms with Gasteiger partial charge in [-0.3, -0.25) is 10.1 Å². The van der Waals surface area contributed by atoms with Crippen LogP contribution in [0.15, 0.2) is 36.4 Å². The zero-order chi connectivity index (χ0) is 23.6. The van der Waals surface area contributed by atoms with E-state index in [9.17, 15) is 35.3 Å². The van der Waals surface area contributed by atoms with Crippen LogP contribution >= 0.6 is 23.2 Å². The molecule has 4 N–H and O–H groups in total. The van der Waals surface area contributed by atoms with E-state index >= 15 is 0 Å². The number of esters is 1. The lowest BCUT2D eigenvalue weighted by Gasteiger charge is -2.39. The van der Waals surface area contributed by atoms with Gasteiger partial charge in [-0.1, -0.05) is 23.2 Å². The Balaban J connectivity index is 1.87. The summed E-state index contributed by atoms with van der Waals surface area (Å²) in [4.78, 5) is 23.2. The molecule has 0 saturated carbocycles. The van der Waals surface area contributed by atoms with Crippen LogP contribution in [0.3, 0.4) is 0 Å². The Labute approximate surface area is 190 Å². The quantitative estimate of drug-likeness (QED) is 0.265. The van der Waals surface area contributed by atoms with Gasteiger partial charge >= 0.3 is 5.97 Å². The molecule has 13 heteroatoms. The predicted molar refractivity (Wildman–Crippen MR) is 109 cm³/mol. The van der Waals surface area contributed by atoms with Crippen LogP contribution in [0.25, 0.3) is 0 Å². The molecule has 0 aliphatic carbocycles. The van der Waals surface area contributed by atoms with Gasteiger partial charge in [-0.2, -0.15) is 0 Å². The zero-order valence-corrected chi connectivity index (χ0v) is 17.5. The number of nitro benzene ring substituents is 1. The van der Waals surface area contributed by atoms with E-state index in [0.717, 1.165) is 12.1 Å². The first-order chi connectivity index (χ1) is 15.1. The minimum atomic E-state index is -1.87. The van der Waals surface area contributed by atoms with Crippen LogP contribution in [-0.4, -0.2) is 68.6 Å². The molecule has 32 heavy (non-hydrogen) atoms. The van der Waals surface area contributed by atoms with Crippen LogP contribution in [0.5, 0.6) is 11.5 Å². The Bertz CT molecular complexity index is 1020. The molecule has 1 aliphatic rings. The molecule has 0 bridgehead atoms. The van der Waals surface area contributed by atoms with E-state index in [2.05, 4.69) is 0 Å². The molecule has 172 valence electrons. The average molecular weight is 490 g/mol. The highest BCUT2D eigenvalue weighted by Gasteiger charge is 2.45. The number of nitrogens with zero attached hydrogens (tertiary/aromatic N) is 1. The Morgan fingerprint density at radius 3 is 2.44 bits per heavy atom.